The SMILES string of the molecule is CCc1ccc(OC)c(S(=O)(=O)N[C@H](C)c2nnc(Oc3cccc(N4CCN(C)CC4)c3)n2CC)c1. The Morgan fingerprint density at radius 3 is 2.49 bits per heavy atom. The van der Waals surface area contributed by atoms with Crippen LogP contribution in [0, 0.1) is 0 Å². The van der Waals surface area contributed by atoms with Gasteiger partial charge in [0.1, 0.15) is 16.4 Å². The predicted octanol–water partition coefficient (Wildman–Crippen LogP) is 3.45. The third-order valence-corrected chi connectivity index (χ3v) is 8.16. The van der Waals surface area contributed by atoms with Crippen LogP contribution in [0.3, 0.4) is 0 Å². The zero-order valence-corrected chi connectivity index (χ0v) is 23.0. The number of likely N-dealkylation sites (N-methyl/N-ethyl adjacent to an activating group) is 1. The van der Waals surface area contributed by atoms with Crippen molar-refractivity contribution in [1.82, 2.24) is 24.4 Å². The van der Waals surface area contributed by atoms with E-state index in [4.69, 9.17) is 9.47 Å². The van der Waals surface area contributed by atoms with Gasteiger partial charge >= 0.3 is 6.01 Å². The second kappa shape index (κ2) is 11.5. The van der Waals surface area contributed by atoms with Gasteiger partial charge in [-0.3, -0.25) is 4.57 Å². The van der Waals surface area contributed by atoms with E-state index >= 15 is 0 Å². The normalized spacial score (nSPS) is 15.5. The first-order valence-electron chi connectivity index (χ1n) is 12.6. The monoisotopic (exact) mass is 528 g/mol. The Morgan fingerprint density at radius 1 is 1.05 bits per heavy atom. The number of sulfonamides is 1. The number of aryl methyl sites for hydroxylation is 1. The second-order valence-electron chi connectivity index (χ2n) is 9.16. The Balaban J connectivity index is 1.53. The fourth-order valence-corrected chi connectivity index (χ4v) is 5.83. The molecule has 2 aromatic carbocycles. The van der Waals surface area contributed by atoms with Crippen molar-refractivity contribution in [3.63, 3.8) is 0 Å². The smallest absolute Gasteiger partial charge is 0.322 e. The molecule has 0 aliphatic carbocycles. The maximum absolute atomic E-state index is 13.3. The zero-order valence-electron chi connectivity index (χ0n) is 22.1. The molecule has 1 atom stereocenters. The van der Waals surface area contributed by atoms with Crippen LogP contribution in [0.25, 0.3) is 0 Å². The van der Waals surface area contributed by atoms with Crippen LogP contribution in [0.1, 0.15) is 38.2 Å². The van der Waals surface area contributed by atoms with Gasteiger partial charge in [0.2, 0.25) is 10.0 Å². The summed E-state index contributed by atoms with van der Waals surface area (Å²) < 4.78 is 42.5. The summed E-state index contributed by atoms with van der Waals surface area (Å²) in [6.45, 7) is 10.1. The van der Waals surface area contributed by atoms with Crippen LogP contribution >= 0.6 is 0 Å². The number of rotatable bonds is 10. The zero-order chi connectivity index (χ0) is 26.6. The van der Waals surface area contributed by atoms with Crippen LogP contribution in [-0.4, -0.2) is 68.4 Å². The molecule has 1 aliphatic heterocycles. The number of hydrogen-bond donors (Lipinski definition) is 1. The van der Waals surface area contributed by atoms with Crippen LogP contribution < -0.4 is 19.1 Å². The Kier molecular flexibility index (Phi) is 8.35. The van der Waals surface area contributed by atoms with Gasteiger partial charge in [-0.05, 0) is 57.1 Å². The summed E-state index contributed by atoms with van der Waals surface area (Å²) >= 11 is 0. The molecule has 1 aromatic heterocycles. The number of benzene rings is 2. The maximum Gasteiger partial charge on any atom is 0.322 e. The third-order valence-electron chi connectivity index (χ3n) is 6.60. The minimum absolute atomic E-state index is 0.0981. The van der Waals surface area contributed by atoms with Gasteiger partial charge in [0.05, 0.1) is 13.2 Å². The number of hydrogen-bond acceptors (Lipinski definition) is 8. The van der Waals surface area contributed by atoms with E-state index < -0.39 is 16.1 Å². The van der Waals surface area contributed by atoms with Crippen molar-refractivity contribution in [1.29, 1.82) is 0 Å². The minimum atomic E-state index is -3.89. The van der Waals surface area contributed by atoms with Gasteiger partial charge in [-0.2, -0.15) is 0 Å². The number of nitrogens with one attached hydrogen (secondary N) is 1. The maximum atomic E-state index is 13.3. The van der Waals surface area contributed by atoms with Gasteiger partial charge in [0, 0.05) is 44.5 Å². The van der Waals surface area contributed by atoms with E-state index in [-0.39, 0.29) is 10.6 Å². The lowest BCUT2D eigenvalue weighted by Crippen LogP contribution is -2.44. The number of anilines is 1. The Bertz CT molecular complexity index is 1320. The van der Waals surface area contributed by atoms with E-state index in [0.717, 1.165) is 37.4 Å². The molecule has 0 spiro atoms. The summed E-state index contributed by atoms with van der Waals surface area (Å²) in [5.41, 5.74) is 2.00. The van der Waals surface area contributed by atoms with Crippen LogP contribution in [-0.2, 0) is 23.0 Å². The Hall–Kier alpha value is -3.15. The molecule has 0 saturated carbocycles. The fourth-order valence-electron chi connectivity index (χ4n) is 4.41. The fraction of sp³-hybridized carbons (Fsp3) is 0.462. The third kappa shape index (κ3) is 6.06. The van der Waals surface area contributed by atoms with Crippen LogP contribution in [0.4, 0.5) is 5.69 Å². The minimum Gasteiger partial charge on any atom is -0.495 e. The summed E-state index contributed by atoms with van der Waals surface area (Å²) in [5, 5.41) is 8.50. The quantitative estimate of drug-likeness (QED) is 0.427. The first-order valence-corrected chi connectivity index (χ1v) is 14.1. The van der Waals surface area contributed by atoms with Gasteiger partial charge in [0.15, 0.2) is 5.82 Å². The van der Waals surface area contributed by atoms with Crippen LogP contribution in [0.5, 0.6) is 17.5 Å². The van der Waals surface area contributed by atoms with Crippen molar-refractivity contribution >= 4 is 15.7 Å². The highest BCUT2D eigenvalue weighted by Crippen LogP contribution is 2.29. The molecule has 3 aromatic rings. The summed E-state index contributed by atoms with van der Waals surface area (Å²) in [4.78, 5) is 4.75. The van der Waals surface area contributed by atoms with Crippen molar-refractivity contribution in [2.75, 3.05) is 45.2 Å². The lowest BCUT2D eigenvalue weighted by atomic mass is 10.2. The molecule has 1 aliphatic rings. The molecule has 0 radical (unpaired) electrons. The van der Waals surface area contributed by atoms with Crippen molar-refractivity contribution in [3.05, 3.63) is 53.9 Å². The first kappa shape index (κ1) is 26.9. The first-order chi connectivity index (χ1) is 17.7. The van der Waals surface area contributed by atoms with Crippen molar-refractivity contribution < 1.29 is 17.9 Å². The molecular formula is C26H36N6O4S. The Labute approximate surface area is 219 Å². The van der Waals surface area contributed by atoms with Gasteiger partial charge < -0.3 is 19.3 Å². The molecule has 10 nitrogen and oxygen atoms in total. The molecule has 37 heavy (non-hydrogen) atoms. The number of piperazine rings is 1. The van der Waals surface area contributed by atoms with Crippen molar-refractivity contribution in [2.45, 2.75) is 44.7 Å². The molecule has 0 unspecified atom stereocenters. The molecule has 1 fully saturated rings. The second-order valence-corrected chi connectivity index (χ2v) is 10.8. The lowest BCUT2D eigenvalue weighted by Gasteiger charge is -2.34. The number of methoxy groups -OCH3 is 1. The van der Waals surface area contributed by atoms with Gasteiger partial charge in [-0.1, -0.05) is 24.2 Å². The van der Waals surface area contributed by atoms with Gasteiger partial charge in [-0.25, -0.2) is 13.1 Å². The number of nitrogens with zero attached hydrogens (tertiary/aromatic N) is 5. The van der Waals surface area contributed by atoms with E-state index in [1.807, 2.05) is 38.1 Å². The average molecular weight is 529 g/mol. The van der Waals surface area contributed by atoms with Crippen molar-refractivity contribution in [3.8, 4) is 17.5 Å². The summed E-state index contributed by atoms with van der Waals surface area (Å²) in [5.74, 6) is 1.40. The van der Waals surface area contributed by atoms with E-state index in [0.29, 0.717) is 30.5 Å². The van der Waals surface area contributed by atoms with Crippen LogP contribution in [0.2, 0.25) is 0 Å². The molecule has 200 valence electrons. The molecule has 1 saturated heterocycles. The molecular weight excluding hydrogens is 492 g/mol. The summed E-state index contributed by atoms with van der Waals surface area (Å²) in [6.07, 6.45) is 0.711. The van der Waals surface area contributed by atoms with E-state index in [1.165, 1.54) is 7.11 Å². The largest absolute Gasteiger partial charge is 0.495 e. The van der Waals surface area contributed by atoms with E-state index in [2.05, 4.69) is 37.8 Å². The van der Waals surface area contributed by atoms with E-state index in [9.17, 15) is 8.42 Å². The summed E-state index contributed by atoms with van der Waals surface area (Å²) in [6, 6.07) is 12.8. The highest BCUT2D eigenvalue weighted by Gasteiger charge is 2.27. The average Bonchev–Trinajstić information content (AvgIpc) is 3.31. The van der Waals surface area contributed by atoms with Gasteiger partial charge in [0.25, 0.3) is 0 Å². The van der Waals surface area contributed by atoms with Crippen LogP contribution in [0.15, 0.2) is 47.4 Å². The molecule has 4 rings (SSSR count). The summed E-state index contributed by atoms with van der Waals surface area (Å²) in [7, 11) is -0.297. The molecule has 2 heterocycles. The highest BCUT2D eigenvalue weighted by atomic mass is 32.2. The highest BCUT2D eigenvalue weighted by molar-refractivity contribution is 7.89. The standard InChI is InChI=1S/C26H36N6O4S/c1-6-20-11-12-23(35-5)24(17-20)37(33,34)29-19(3)25-27-28-26(32(25)7-2)36-22-10-8-9-21(18-22)31-15-13-30(4)14-16-31/h8-12,17-19,29H,6-7,13-16H2,1-5H3/t19-/m1/s1. The topological polar surface area (TPSA) is 102 Å². The lowest BCUT2D eigenvalue weighted by molar-refractivity contribution is 0.312. The molecule has 0 bridgehead atoms. The predicted molar refractivity (Wildman–Crippen MR) is 143 cm³/mol. The number of ether oxygens (including phenoxy) is 2. The van der Waals surface area contributed by atoms with Crippen molar-refractivity contribution in [2.24, 2.45) is 0 Å². The molecule has 11 heteroatoms. The number of aromatic nitrogens is 3. The van der Waals surface area contributed by atoms with E-state index in [1.54, 1.807) is 23.6 Å². The molecule has 1 N–H and O–H groups in total. The Morgan fingerprint density at radius 2 is 1.81 bits per heavy atom. The van der Waals surface area contributed by atoms with Gasteiger partial charge in [-0.15, -0.1) is 5.10 Å². The molecule has 0 amide bonds.